The van der Waals surface area contributed by atoms with Crippen LogP contribution < -0.4 is 5.32 Å². The molecular weight excluding hydrogens is 164 g/mol. The Hall–Kier alpha value is -0.830. The van der Waals surface area contributed by atoms with Gasteiger partial charge < -0.3 is 5.32 Å². The molecule has 0 spiro atoms. The fourth-order valence-electron chi connectivity index (χ4n) is 1.42. The third-order valence-corrected chi connectivity index (χ3v) is 2.17. The van der Waals surface area contributed by atoms with Crippen molar-refractivity contribution in [3.8, 4) is 0 Å². The summed E-state index contributed by atoms with van der Waals surface area (Å²) >= 11 is 0. The largest absolute Gasteiger partial charge is 0.347 e. The monoisotopic (exact) mass is 182 g/mol. The maximum atomic E-state index is 11.2. The normalized spacial score (nSPS) is 17.8. The van der Waals surface area contributed by atoms with Crippen molar-refractivity contribution in [2.45, 2.75) is 26.8 Å². The Bertz CT molecular complexity index is 213. The minimum Gasteiger partial charge on any atom is -0.347 e. The maximum absolute atomic E-state index is 11.2. The van der Waals surface area contributed by atoms with E-state index in [2.05, 4.69) is 17.1 Å². The van der Waals surface area contributed by atoms with Crippen molar-refractivity contribution in [2.75, 3.05) is 19.6 Å². The lowest BCUT2D eigenvalue weighted by Gasteiger charge is -2.38. The summed E-state index contributed by atoms with van der Waals surface area (Å²) in [7, 11) is 0. The third-order valence-electron chi connectivity index (χ3n) is 2.17. The van der Waals surface area contributed by atoms with Gasteiger partial charge in [-0.15, -0.1) is 0 Å². The van der Waals surface area contributed by atoms with Gasteiger partial charge >= 0.3 is 0 Å². The van der Waals surface area contributed by atoms with E-state index in [0.29, 0.717) is 6.04 Å². The zero-order valence-corrected chi connectivity index (χ0v) is 8.63. The lowest BCUT2D eigenvalue weighted by Crippen LogP contribution is -2.58. The lowest BCUT2D eigenvalue weighted by molar-refractivity contribution is -0.118. The van der Waals surface area contributed by atoms with Crippen molar-refractivity contribution in [3.63, 3.8) is 0 Å². The van der Waals surface area contributed by atoms with E-state index in [4.69, 9.17) is 0 Å². The molecule has 1 fully saturated rings. The number of amides is 1. The molecule has 1 amide bonds. The van der Waals surface area contributed by atoms with Crippen LogP contribution in [0.3, 0.4) is 0 Å². The number of likely N-dealkylation sites (tertiary alicyclic amines) is 1. The molecular formula is C10H18N2O. The van der Waals surface area contributed by atoms with Crippen LogP contribution >= 0.6 is 0 Å². The van der Waals surface area contributed by atoms with E-state index >= 15 is 0 Å². The van der Waals surface area contributed by atoms with Crippen molar-refractivity contribution in [1.82, 2.24) is 10.2 Å². The molecule has 74 valence electrons. The number of nitrogens with one attached hydrogen (secondary N) is 1. The Morgan fingerprint density at radius 1 is 1.54 bits per heavy atom. The molecule has 1 heterocycles. The number of nitrogens with zero attached hydrogens (tertiary/aromatic N) is 1. The smallest absolute Gasteiger partial charge is 0.244 e. The Morgan fingerprint density at radius 3 is 2.62 bits per heavy atom. The van der Waals surface area contributed by atoms with Crippen molar-refractivity contribution in [1.29, 1.82) is 0 Å². The van der Waals surface area contributed by atoms with Gasteiger partial charge in [-0.2, -0.15) is 0 Å². The molecule has 13 heavy (non-hydrogen) atoms. The van der Waals surface area contributed by atoms with E-state index in [-0.39, 0.29) is 5.91 Å². The molecule has 1 aliphatic heterocycles. The number of carbonyl (C=O) groups is 1. The summed E-state index contributed by atoms with van der Waals surface area (Å²) in [6.45, 7) is 9.07. The average molecular weight is 182 g/mol. The summed E-state index contributed by atoms with van der Waals surface area (Å²) in [5, 5.41) is 2.96. The highest BCUT2D eigenvalue weighted by molar-refractivity contribution is 5.88. The molecule has 0 atom stereocenters. The Kier molecular flexibility index (Phi) is 3.48. The molecule has 3 heteroatoms. The van der Waals surface area contributed by atoms with Crippen LogP contribution in [0.2, 0.25) is 0 Å². The second kappa shape index (κ2) is 4.42. The minimum atomic E-state index is 0.0424. The topological polar surface area (TPSA) is 32.3 Å². The Morgan fingerprint density at radius 2 is 2.15 bits per heavy atom. The third kappa shape index (κ3) is 3.19. The van der Waals surface area contributed by atoms with Gasteiger partial charge in [0.1, 0.15) is 0 Å². The predicted molar refractivity (Wildman–Crippen MR) is 53.5 cm³/mol. The Balaban J connectivity index is 2.21. The van der Waals surface area contributed by atoms with Crippen LogP contribution in [0.4, 0.5) is 0 Å². The van der Waals surface area contributed by atoms with Gasteiger partial charge in [-0.3, -0.25) is 9.69 Å². The molecule has 0 aromatic carbocycles. The van der Waals surface area contributed by atoms with Gasteiger partial charge in [-0.1, -0.05) is 12.5 Å². The van der Waals surface area contributed by atoms with E-state index in [9.17, 15) is 4.79 Å². The lowest BCUT2D eigenvalue weighted by atomic mass is 10.1. The Labute approximate surface area is 79.8 Å². The molecule has 0 aliphatic carbocycles. The molecule has 3 nitrogen and oxygen atoms in total. The minimum absolute atomic E-state index is 0.0424. The number of allylic oxidation sites excluding steroid dienone is 1. The quantitative estimate of drug-likeness (QED) is 0.654. The second-order valence-corrected chi connectivity index (χ2v) is 3.78. The molecule has 1 rings (SSSR count). The van der Waals surface area contributed by atoms with Gasteiger partial charge in [-0.05, 0) is 20.4 Å². The highest BCUT2D eigenvalue weighted by Gasteiger charge is 2.25. The van der Waals surface area contributed by atoms with E-state index in [1.807, 2.05) is 13.8 Å². The van der Waals surface area contributed by atoms with Crippen LogP contribution in [-0.2, 0) is 4.79 Å². The van der Waals surface area contributed by atoms with E-state index in [1.54, 1.807) is 6.08 Å². The highest BCUT2D eigenvalue weighted by atomic mass is 16.1. The first kappa shape index (κ1) is 10.3. The number of hydrogen-bond acceptors (Lipinski definition) is 2. The van der Waals surface area contributed by atoms with E-state index in [1.165, 1.54) is 0 Å². The van der Waals surface area contributed by atoms with Gasteiger partial charge in [0.05, 0.1) is 6.04 Å². The van der Waals surface area contributed by atoms with Crippen LogP contribution in [0.1, 0.15) is 20.8 Å². The second-order valence-electron chi connectivity index (χ2n) is 3.78. The summed E-state index contributed by atoms with van der Waals surface area (Å²) in [6, 6.07) is 0.364. The molecule has 0 radical (unpaired) electrons. The number of hydrogen-bond donors (Lipinski definition) is 1. The first-order valence-electron chi connectivity index (χ1n) is 4.79. The van der Waals surface area contributed by atoms with Gasteiger partial charge in [0, 0.05) is 19.2 Å². The highest BCUT2D eigenvalue weighted by Crippen LogP contribution is 2.06. The fraction of sp³-hybridized carbons (Fsp3) is 0.700. The van der Waals surface area contributed by atoms with Crippen molar-refractivity contribution in [2.24, 2.45) is 0 Å². The van der Waals surface area contributed by atoms with Crippen molar-refractivity contribution >= 4 is 5.91 Å². The standard InChI is InChI=1S/C10H18N2O/c1-4-12-6-9(7-12)11-10(13)5-8(2)3/h5,9H,4,6-7H2,1-3H3,(H,11,13). The zero-order valence-electron chi connectivity index (χ0n) is 8.63. The van der Waals surface area contributed by atoms with Crippen LogP contribution in [0.5, 0.6) is 0 Å². The van der Waals surface area contributed by atoms with Gasteiger partial charge in [0.25, 0.3) is 0 Å². The molecule has 1 saturated heterocycles. The first-order chi connectivity index (χ1) is 6.11. The van der Waals surface area contributed by atoms with Crippen molar-refractivity contribution in [3.05, 3.63) is 11.6 Å². The average Bonchev–Trinajstić information content (AvgIpc) is 1.94. The van der Waals surface area contributed by atoms with Gasteiger partial charge in [0.15, 0.2) is 0 Å². The predicted octanol–water partition coefficient (Wildman–Crippen LogP) is 0.773. The molecule has 0 saturated carbocycles. The summed E-state index contributed by atoms with van der Waals surface area (Å²) in [4.78, 5) is 13.5. The summed E-state index contributed by atoms with van der Waals surface area (Å²) in [5.41, 5.74) is 1.05. The van der Waals surface area contributed by atoms with Crippen LogP contribution in [0.15, 0.2) is 11.6 Å². The summed E-state index contributed by atoms with van der Waals surface area (Å²) in [5.74, 6) is 0.0424. The molecule has 0 bridgehead atoms. The first-order valence-corrected chi connectivity index (χ1v) is 4.79. The van der Waals surface area contributed by atoms with Gasteiger partial charge in [-0.25, -0.2) is 0 Å². The SMILES string of the molecule is CCN1CC(NC(=O)C=C(C)C)C1. The molecule has 1 aliphatic rings. The number of carbonyl (C=O) groups excluding carboxylic acids is 1. The fourth-order valence-corrected chi connectivity index (χ4v) is 1.42. The van der Waals surface area contributed by atoms with E-state index < -0.39 is 0 Å². The molecule has 1 N–H and O–H groups in total. The van der Waals surface area contributed by atoms with Crippen molar-refractivity contribution < 1.29 is 4.79 Å². The molecule has 0 aromatic rings. The summed E-state index contributed by atoms with van der Waals surface area (Å²) in [6.07, 6.45) is 1.65. The number of rotatable bonds is 3. The van der Waals surface area contributed by atoms with Crippen LogP contribution in [-0.4, -0.2) is 36.5 Å². The van der Waals surface area contributed by atoms with Crippen LogP contribution in [0, 0.1) is 0 Å². The summed E-state index contributed by atoms with van der Waals surface area (Å²) < 4.78 is 0. The number of likely N-dealkylation sites (N-methyl/N-ethyl adjacent to an activating group) is 1. The van der Waals surface area contributed by atoms with E-state index in [0.717, 1.165) is 25.2 Å². The zero-order chi connectivity index (χ0) is 9.84. The van der Waals surface area contributed by atoms with Gasteiger partial charge in [0.2, 0.25) is 5.91 Å². The molecule has 0 unspecified atom stereocenters. The maximum Gasteiger partial charge on any atom is 0.244 e. The van der Waals surface area contributed by atoms with Crippen LogP contribution in [0.25, 0.3) is 0 Å². The molecule has 0 aromatic heterocycles.